The van der Waals surface area contributed by atoms with Crippen LogP contribution < -0.4 is 5.56 Å². The highest BCUT2D eigenvalue weighted by molar-refractivity contribution is 5.91. The molecule has 0 radical (unpaired) electrons. The lowest BCUT2D eigenvalue weighted by atomic mass is 10.1. The number of methoxy groups -OCH3 is 1. The third-order valence-corrected chi connectivity index (χ3v) is 5.43. The van der Waals surface area contributed by atoms with E-state index in [0.717, 1.165) is 5.56 Å². The van der Waals surface area contributed by atoms with Gasteiger partial charge in [0, 0.05) is 13.7 Å². The topological polar surface area (TPSA) is 77.6 Å². The number of fused-ring (bicyclic) bond motifs is 1. The average Bonchev–Trinajstić information content (AvgIpc) is 3.34. The van der Waals surface area contributed by atoms with E-state index < -0.39 is 6.04 Å². The second kappa shape index (κ2) is 9.20. The van der Waals surface area contributed by atoms with Gasteiger partial charge >= 0.3 is 0 Å². The van der Waals surface area contributed by atoms with Gasteiger partial charge in [0.25, 0.3) is 11.5 Å². The number of rotatable bonds is 7. The zero-order valence-electron chi connectivity index (χ0n) is 18.3. The maximum atomic E-state index is 13.6. The third kappa shape index (κ3) is 4.07. The molecule has 0 fully saturated rings. The number of hydrogen-bond donors (Lipinski definition) is 0. The van der Waals surface area contributed by atoms with Crippen molar-refractivity contribution in [2.24, 2.45) is 0 Å². The highest BCUT2D eigenvalue weighted by Crippen LogP contribution is 2.25. The van der Waals surface area contributed by atoms with Crippen LogP contribution in [0.4, 0.5) is 0 Å². The molecule has 7 nitrogen and oxygen atoms in total. The normalized spacial score (nSPS) is 12.1. The minimum atomic E-state index is -0.527. The van der Waals surface area contributed by atoms with Crippen LogP contribution in [0, 0.1) is 6.92 Å². The first-order chi connectivity index (χ1) is 15.5. The van der Waals surface area contributed by atoms with E-state index in [1.165, 1.54) is 6.26 Å². The number of aryl methyl sites for hydroxylation is 1. The average molecular weight is 431 g/mol. The number of hydrogen-bond acceptors (Lipinski definition) is 5. The fourth-order valence-corrected chi connectivity index (χ4v) is 3.79. The van der Waals surface area contributed by atoms with Gasteiger partial charge in [0.1, 0.15) is 5.82 Å². The predicted molar refractivity (Wildman–Crippen MR) is 122 cm³/mol. The Balaban J connectivity index is 1.91. The predicted octanol–water partition coefficient (Wildman–Crippen LogP) is 4.14. The Kier molecular flexibility index (Phi) is 6.18. The van der Waals surface area contributed by atoms with Crippen LogP contribution in [0.1, 0.15) is 34.9 Å². The molecule has 7 heteroatoms. The number of para-hydroxylation sites is 1. The molecule has 1 atom stereocenters. The van der Waals surface area contributed by atoms with Crippen molar-refractivity contribution in [3.63, 3.8) is 0 Å². The Labute approximate surface area is 185 Å². The SMILES string of the molecule is COCCN(C(=O)c1ccco1)C(C)c1nc2ccccc2c(=O)n1-c1cccc(C)c1. The summed E-state index contributed by atoms with van der Waals surface area (Å²) in [5, 5.41) is 0.519. The van der Waals surface area contributed by atoms with E-state index in [1.807, 2.05) is 50.2 Å². The number of ether oxygens (including phenoxy) is 1. The molecule has 0 saturated carbocycles. The Morgan fingerprint density at radius 2 is 1.97 bits per heavy atom. The van der Waals surface area contributed by atoms with Crippen molar-refractivity contribution in [2.75, 3.05) is 20.3 Å². The summed E-state index contributed by atoms with van der Waals surface area (Å²) in [7, 11) is 1.58. The zero-order chi connectivity index (χ0) is 22.7. The summed E-state index contributed by atoms with van der Waals surface area (Å²) in [6.45, 7) is 4.48. The third-order valence-electron chi connectivity index (χ3n) is 5.43. The molecule has 1 amide bonds. The number of carbonyl (C=O) groups excluding carboxylic acids is 1. The summed E-state index contributed by atoms with van der Waals surface area (Å²) in [4.78, 5) is 33.3. The molecule has 0 aliphatic rings. The Hall–Kier alpha value is -3.71. The molecule has 0 N–H and O–H groups in total. The molecule has 1 unspecified atom stereocenters. The van der Waals surface area contributed by atoms with Gasteiger partial charge in [0.05, 0.1) is 35.5 Å². The minimum Gasteiger partial charge on any atom is -0.459 e. The second-order valence-electron chi connectivity index (χ2n) is 7.61. The van der Waals surface area contributed by atoms with Gasteiger partial charge in [-0.1, -0.05) is 24.3 Å². The first-order valence-electron chi connectivity index (χ1n) is 10.4. The van der Waals surface area contributed by atoms with Crippen LogP contribution in [0.2, 0.25) is 0 Å². The van der Waals surface area contributed by atoms with Crippen molar-refractivity contribution in [1.29, 1.82) is 0 Å². The van der Waals surface area contributed by atoms with Crippen molar-refractivity contribution in [3.05, 3.63) is 94.4 Å². The van der Waals surface area contributed by atoms with Crippen molar-refractivity contribution < 1.29 is 13.9 Å². The van der Waals surface area contributed by atoms with E-state index in [4.69, 9.17) is 14.1 Å². The van der Waals surface area contributed by atoms with Crippen LogP contribution in [0.15, 0.2) is 76.1 Å². The fraction of sp³-hybridized carbons (Fsp3) is 0.240. The monoisotopic (exact) mass is 431 g/mol. The molecular weight excluding hydrogens is 406 g/mol. The van der Waals surface area contributed by atoms with E-state index in [2.05, 4.69) is 0 Å². The highest BCUT2D eigenvalue weighted by Gasteiger charge is 2.28. The van der Waals surface area contributed by atoms with E-state index >= 15 is 0 Å². The summed E-state index contributed by atoms with van der Waals surface area (Å²) in [6.07, 6.45) is 1.46. The molecule has 0 spiro atoms. The Morgan fingerprint density at radius 1 is 1.16 bits per heavy atom. The standard InChI is InChI=1S/C25H25N3O4/c1-17-8-6-9-19(16-17)28-23(26-21-11-5-4-10-20(21)24(28)29)18(2)27(13-15-31-3)25(30)22-12-7-14-32-22/h4-12,14,16,18H,13,15H2,1-3H3. The molecule has 32 heavy (non-hydrogen) atoms. The molecule has 0 aliphatic carbocycles. The molecule has 4 rings (SSSR count). The molecular formula is C25H25N3O4. The van der Waals surface area contributed by atoms with Crippen LogP contribution in [0.3, 0.4) is 0 Å². The number of benzene rings is 2. The van der Waals surface area contributed by atoms with Crippen molar-refractivity contribution in [1.82, 2.24) is 14.5 Å². The van der Waals surface area contributed by atoms with Crippen molar-refractivity contribution in [2.45, 2.75) is 19.9 Å². The lowest BCUT2D eigenvalue weighted by Crippen LogP contribution is -2.39. The maximum Gasteiger partial charge on any atom is 0.290 e. The molecule has 0 saturated heterocycles. The van der Waals surface area contributed by atoms with E-state index in [1.54, 1.807) is 40.8 Å². The van der Waals surface area contributed by atoms with Crippen molar-refractivity contribution in [3.8, 4) is 5.69 Å². The number of amides is 1. The van der Waals surface area contributed by atoms with Gasteiger partial charge in [0.2, 0.25) is 0 Å². The van der Waals surface area contributed by atoms with Crippen LogP contribution in [0.5, 0.6) is 0 Å². The lowest BCUT2D eigenvalue weighted by Gasteiger charge is -2.29. The zero-order valence-corrected chi connectivity index (χ0v) is 18.3. The number of carbonyl (C=O) groups is 1. The lowest BCUT2D eigenvalue weighted by molar-refractivity contribution is 0.0574. The molecule has 0 bridgehead atoms. The van der Waals surface area contributed by atoms with Crippen molar-refractivity contribution >= 4 is 16.8 Å². The van der Waals surface area contributed by atoms with E-state index in [-0.39, 0.29) is 17.2 Å². The first kappa shape index (κ1) is 21.5. The second-order valence-corrected chi connectivity index (χ2v) is 7.61. The summed E-state index contributed by atoms with van der Waals surface area (Å²) < 4.78 is 12.2. The van der Waals surface area contributed by atoms with Gasteiger partial charge in [0.15, 0.2) is 5.76 Å². The smallest absolute Gasteiger partial charge is 0.290 e. The molecule has 4 aromatic rings. The maximum absolute atomic E-state index is 13.6. The Morgan fingerprint density at radius 3 is 2.69 bits per heavy atom. The number of aromatic nitrogens is 2. The summed E-state index contributed by atoms with van der Waals surface area (Å²) >= 11 is 0. The van der Waals surface area contributed by atoms with Gasteiger partial charge < -0.3 is 14.1 Å². The number of nitrogens with zero attached hydrogens (tertiary/aromatic N) is 3. The first-order valence-corrected chi connectivity index (χ1v) is 10.4. The Bertz CT molecular complexity index is 1290. The van der Waals surface area contributed by atoms with Gasteiger partial charge in [-0.25, -0.2) is 4.98 Å². The van der Waals surface area contributed by atoms with E-state index in [9.17, 15) is 9.59 Å². The largest absolute Gasteiger partial charge is 0.459 e. The van der Waals surface area contributed by atoms with Gasteiger partial charge in [-0.15, -0.1) is 0 Å². The van der Waals surface area contributed by atoms with Gasteiger partial charge in [-0.05, 0) is 55.8 Å². The van der Waals surface area contributed by atoms with Crippen LogP contribution in [-0.4, -0.2) is 40.6 Å². The fourth-order valence-electron chi connectivity index (χ4n) is 3.79. The highest BCUT2D eigenvalue weighted by atomic mass is 16.5. The summed E-state index contributed by atoms with van der Waals surface area (Å²) in [6, 6.07) is 17.7. The quantitative estimate of drug-likeness (QED) is 0.440. The van der Waals surface area contributed by atoms with Crippen LogP contribution in [0.25, 0.3) is 16.6 Å². The van der Waals surface area contributed by atoms with Gasteiger partial charge in [-0.2, -0.15) is 0 Å². The molecule has 2 heterocycles. The molecule has 0 aliphatic heterocycles. The van der Waals surface area contributed by atoms with E-state index in [0.29, 0.717) is 35.6 Å². The van der Waals surface area contributed by atoms with Gasteiger partial charge in [-0.3, -0.25) is 14.2 Å². The molecule has 2 aromatic carbocycles. The summed E-state index contributed by atoms with van der Waals surface area (Å²) in [5.41, 5.74) is 2.12. The molecule has 164 valence electrons. The molecule has 2 aromatic heterocycles. The van der Waals surface area contributed by atoms with Crippen LogP contribution >= 0.6 is 0 Å². The van der Waals surface area contributed by atoms with Crippen LogP contribution in [-0.2, 0) is 4.74 Å². The number of furan rings is 1. The summed E-state index contributed by atoms with van der Waals surface area (Å²) in [5.74, 6) is 0.395. The minimum absolute atomic E-state index is 0.180.